The van der Waals surface area contributed by atoms with Crippen LogP contribution in [0.2, 0.25) is 0 Å². The number of carboxylic acids is 1. The van der Waals surface area contributed by atoms with Gasteiger partial charge in [-0.3, -0.25) is 9.20 Å². The Morgan fingerprint density at radius 3 is 2.85 bits per heavy atom. The minimum atomic E-state index is -1.14. The first-order chi connectivity index (χ1) is 15.8. The zero-order valence-corrected chi connectivity index (χ0v) is 19.6. The van der Waals surface area contributed by atoms with Crippen LogP contribution in [0.4, 0.5) is 5.82 Å². The highest BCUT2D eigenvalue weighted by molar-refractivity contribution is 7.09. The van der Waals surface area contributed by atoms with Crippen molar-refractivity contribution in [3.63, 3.8) is 0 Å². The van der Waals surface area contributed by atoms with E-state index in [-0.39, 0.29) is 11.1 Å². The van der Waals surface area contributed by atoms with Crippen LogP contribution in [0.25, 0.3) is 11.7 Å². The van der Waals surface area contributed by atoms with Crippen molar-refractivity contribution in [3.05, 3.63) is 62.0 Å². The number of pyridine rings is 1. The second-order valence-electron chi connectivity index (χ2n) is 8.65. The molecular weight excluding hydrogens is 440 g/mol. The highest BCUT2D eigenvalue weighted by Crippen LogP contribution is 2.23. The fourth-order valence-corrected chi connectivity index (χ4v) is 4.94. The summed E-state index contributed by atoms with van der Waals surface area (Å²) in [7, 11) is 0. The van der Waals surface area contributed by atoms with Gasteiger partial charge in [0.25, 0.3) is 5.56 Å². The van der Waals surface area contributed by atoms with Gasteiger partial charge in [0.15, 0.2) is 0 Å². The summed E-state index contributed by atoms with van der Waals surface area (Å²) < 4.78 is 1.44. The van der Waals surface area contributed by atoms with E-state index in [1.54, 1.807) is 17.5 Å². The van der Waals surface area contributed by atoms with Gasteiger partial charge in [-0.1, -0.05) is 13.8 Å². The topological polar surface area (TPSA) is 108 Å². The number of piperidine rings is 1. The molecule has 0 spiro atoms. The number of hydrogen-bond donors (Lipinski definition) is 2. The van der Waals surface area contributed by atoms with Crippen LogP contribution >= 0.6 is 11.3 Å². The predicted molar refractivity (Wildman–Crippen MR) is 129 cm³/mol. The van der Waals surface area contributed by atoms with E-state index >= 15 is 0 Å². The molecule has 1 aliphatic rings. The number of aliphatic hydroxyl groups excluding tert-OH is 1. The molecule has 3 aromatic rings. The average Bonchev–Trinajstić information content (AvgIpc) is 3.26. The third kappa shape index (κ3) is 5.31. The van der Waals surface area contributed by atoms with Crippen molar-refractivity contribution in [2.75, 3.05) is 18.0 Å². The summed E-state index contributed by atoms with van der Waals surface area (Å²) in [5.41, 5.74) is 2.53. The summed E-state index contributed by atoms with van der Waals surface area (Å²) in [6, 6.07) is 3.79. The van der Waals surface area contributed by atoms with Crippen molar-refractivity contribution in [3.8, 4) is 0 Å². The van der Waals surface area contributed by atoms with Gasteiger partial charge in [0.05, 0.1) is 22.4 Å². The van der Waals surface area contributed by atoms with E-state index in [0.29, 0.717) is 36.9 Å². The van der Waals surface area contributed by atoms with Crippen molar-refractivity contribution in [1.82, 2.24) is 14.4 Å². The zero-order chi connectivity index (χ0) is 23.5. The van der Waals surface area contributed by atoms with Crippen LogP contribution in [-0.4, -0.2) is 49.7 Å². The fraction of sp³-hybridized carbons (Fsp3) is 0.417. The van der Waals surface area contributed by atoms with Crippen LogP contribution in [-0.2, 0) is 17.6 Å². The number of β-amino-alcohol motifs (C(OH)–C–C–N with tert-alkyl or cyclic N) is 1. The lowest BCUT2D eigenvalue weighted by Crippen LogP contribution is -2.40. The molecule has 1 unspecified atom stereocenters. The van der Waals surface area contributed by atoms with Crippen molar-refractivity contribution in [2.24, 2.45) is 0 Å². The number of anilines is 1. The normalized spacial score (nSPS) is 16.8. The van der Waals surface area contributed by atoms with Crippen LogP contribution in [0.3, 0.4) is 0 Å². The summed E-state index contributed by atoms with van der Waals surface area (Å²) in [5.74, 6) is -0.319. The number of fused-ring (bicyclic) bond motifs is 1. The van der Waals surface area contributed by atoms with Gasteiger partial charge in [-0.25, -0.2) is 14.8 Å². The molecule has 0 radical (unpaired) electrons. The van der Waals surface area contributed by atoms with E-state index in [1.165, 1.54) is 10.5 Å². The lowest BCUT2D eigenvalue weighted by molar-refractivity contribution is -0.131. The maximum absolute atomic E-state index is 13.2. The zero-order valence-electron chi connectivity index (χ0n) is 18.8. The highest BCUT2D eigenvalue weighted by atomic mass is 32.1. The highest BCUT2D eigenvalue weighted by Gasteiger charge is 2.23. The molecule has 1 aliphatic heterocycles. The van der Waals surface area contributed by atoms with Gasteiger partial charge < -0.3 is 15.1 Å². The van der Waals surface area contributed by atoms with Crippen LogP contribution in [0.15, 0.2) is 34.6 Å². The Morgan fingerprint density at radius 2 is 2.15 bits per heavy atom. The van der Waals surface area contributed by atoms with E-state index in [2.05, 4.69) is 19.2 Å². The number of rotatable bonds is 7. The minimum absolute atomic E-state index is 0.209. The summed E-state index contributed by atoms with van der Waals surface area (Å²) in [4.78, 5) is 35.6. The molecule has 0 amide bonds. The third-order valence-electron chi connectivity index (χ3n) is 5.79. The summed E-state index contributed by atoms with van der Waals surface area (Å²) in [6.07, 6.45) is 6.48. The minimum Gasteiger partial charge on any atom is -0.478 e. The third-order valence-corrected chi connectivity index (χ3v) is 6.71. The van der Waals surface area contributed by atoms with Crippen LogP contribution < -0.4 is 10.5 Å². The molecule has 9 heteroatoms. The number of carboxylic acid groups (broad SMARTS) is 1. The largest absolute Gasteiger partial charge is 0.478 e. The smallest absolute Gasteiger partial charge is 0.328 e. The van der Waals surface area contributed by atoms with Gasteiger partial charge in [0.2, 0.25) is 0 Å². The second kappa shape index (κ2) is 9.84. The lowest BCUT2D eigenvalue weighted by atomic mass is 10.1. The van der Waals surface area contributed by atoms with Crippen LogP contribution in [0.5, 0.6) is 0 Å². The molecule has 8 nitrogen and oxygen atoms in total. The van der Waals surface area contributed by atoms with Gasteiger partial charge in [0.1, 0.15) is 11.5 Å². The molecule has 3 aromatic heterocycles. The monoisotopic (exact) mass is 468 g/mol. The maximum Gasteiger partial charge on any atom is 0.328 e. The van der Waals surface area contributed by atoms with Gasteiger partial charge in [0, 0.05) is 37.2 Å². The predicted octanol–water partition coefficient (Wildman–Crippen LogP) is 3.12. The standard InChI is InChI=1S/C24H28N4O4S/c1-15(2)19-14-33-21(25-19)7-5-16-9-11-28-20(12-16)26-23(27-10-3-4-17(29)13-27)18(24(28)32)6-8-22(30)31/h6,8-9,11-12,14-15,17,29H,3-5,7,10,13H2,1-2H3,(H,30,31)/b8-6+. The van der Waals surface area contributed by atoms with Crippen molar-refractivity contribution in [2.45, 2.75) is 51.6 Å². The van der Waals surface area contributed by atoms with Crippen molar-refractivity contribution in [1.29, 1.82) is 0 Å². The number of aliphatic carboxylic acids is 1. The molecule has 33 heavy (non-hydrogen) atoms. The number of thiazole rings is 1. The number of nitrogens with zero attached hydrogens (tertiary/aromatic N) is 4. The van der Waals surface area contributed by atoms with Gasteiger partial charge in [-0.2, -0.15) is 0 Å². The quantitative estimate of drug-likeness (QED) is 0.513. The molecule has 0 saturated carbocycles. The first kappa shape index (κ1) is 23.1. The Kier molecular flexibility index (Phi) is 6.90. The van der Waals surface area contributed by atoms with E-state index in [4.69, 9.17) is 15.1 Å². The van der Waals surface area contributed by atoms with E-state index < -0.39 is 12.1 Å². The molecule has 4 heterocycles. The molecule has 1 fully saturated rings. The van der Waals surface area contributed by atoms with E-state index in [0.717, 1.165) is 41.6 Å². The SMILES string of the molecule is CC(C)c1csc(CCc2ccn3c(=O)c(/C=C/C(=O)O)c(N4CCCC(O)C4)nc3c2)n1. The maximum atomic E-state index is 13.2. The molecule has 0 aliphatic carbocycles. The van der Waals surface area contributed by atoms with Crippen LogP contribution in [0.1, 0.15) is 54.4 Å². The first-order valence-electron chi connectivity index (χ1n) is 11.2. The molecule has 0 aromatic carbocycles. The van der Waals surface area contributed by atoms with Crippen molar-refractivity contribution < 1.29 is 15.0 Å². The fourth-order valence-electron chi connectivity index (χ4n) is 3.98. The molecule has 1 atom stereocenters. The molecule has 2 N–H and O–H groups in total. The Bertz CT molecular complexity index is 1250. The van der Waals surface area contributed by atoms with Gasteiger partial charge in [-0.15, -0.1) is 11.3 Å². The average molecular weight is 469 g/mol. The number of aryl methyl sites for hydroxylation is 2. The molecule has 1 saturated heterocycles. The summed E-state index contributed by atoms with van der Waals surface area (Å²) >= 11 is 1.67. The molecular formula is C24H28N4O4S. The number of hydrogen-bond acceptors (Lipinski definition) is 7. The Labute approximate surface area is 195 Å². The van der Waals surface area contributed by atoms with E-state index in [9.17, 15) is 14.7 Å². The second-order valence-corrected chi connectivity index (χ2v) is 9.59. The molecule has 0 bridgehead atoms. The van der Waals surface area contributed by atoms with Crippen molar-refractivity contribution >= 4 is 34.8 Å². The van der Waals surface area contributed by atoms with Gasteiger partial charge in [-0.05, 0) is 49.0 Å². The summed E-state index contributed by atoms with van der Waals surface area (Å²) in [6.45, 7) is 5.27. The van der Waals surface area contributed by atoms with E-state index in [1.807, 2.05) is 17.0 Å². The number of aromatic nitrogens is 3. The molecule has 4 rings (SSSR count). The van der Waals surface area contributed by atoms with Crippen LogP contribution in [0, 0.1) is 0 Å². The first-order valence-corrected chi connectivity index (χ1v) is 12.0. The Balaban J connectivity index is 1.68. The Hall–Kier alpha value is -3.04. The number of carbonyl (C=O) groups is 1. The van der Waals surface area contributed by atoms with Gasteiger partial charge >= 0.3 is 5.97 Å². The lowest BCUT2D eigenvalue weighted by Gasteiger charge is -2.32. The summed E-state index contributed by atoms with van der Waals surface area (Å²) in [5, 5.41) is 22.4. The molecule has 174 valence electrons. The Morgan fingerprint density at radius 1 is 1.33 bits per heavy atom. The number of aliphatic hydroxyl groups is 1.